The summed E-state index contributed by atoms with van der Waals surface area (Å²) in [6, 6.07) is 2.81. The minimum absolute atomic E-state index is 0.0377. The van der Waals surface area contributed by atoms with Crippen LogP contribution in [0.5, 0.6) is 0 Å². The van der Waals surface area contributed by atoms with E-state index in [1.807, 2.05) is 0 Å². The van der Waals surface area contributed by atoms with Gasteiger partial charge in [0.25, 0.3) is 0 Å². The summed E-state index contributed by atoms with van der Waals surface area (Å²) in [5, 5.41) is 9.95. The molecule has 2 rings (SSSR count). The SMILES string of the molecule is CCCCCCCC1CCC(CCC2(C#N)CCC(CCCCCC)CC2)CC1. The molecule has 0 aromatic carbocycles. The Balaban J connectivity index is 1.58. The van der Waals surface area contributed by atoms with E-state index < -0.39 is 0 Å². The number of rotatable bonds is 14. The fraction of sp³-hybridized carbons (Fsp3) is 0.964. The molecule has 29 heavy (non-hydrogen) atoms. The monoisotopic (exact) mass is 401 g/mol. The highest BCUT2D eigenvalue weighted by atomic mass is 14.4. The molecule has 0 atom stereocenters. The molecule has 0 N–H and O–H groups in total. The lowest BCUT2D eigenvalue weighted by molar-refractivity contribution is 0.162. The molecule has 0 aromatic rings. The lowest BCUT2D eigenvalue weighted by Gasteiger charge is -2.37. The molecule has 0 radical (unpaired) electrons. The van der Waals surface area contributed by atoms with Gasteiger partial charge in [-0.1, -0.05) is 110 Å². The molecule has 0 aliphatic heterocycles. The summed E-state index contributed by atoms with van der Waals surface area (Å²) in [7, 11) is 0. The molecule has 0 heterocycles. The van der Waals surface area contributed by atoms with Gasteiger partial charge in [0.15, 0.2) is 0 Å². The van der Waals surface area contributed by atoms with Gasteiger partial charge in [-0.25, -0.2) is 0 Å². The van der Waals surface area contributed by atoms with Crippen molar-refractivity contribution in [3.8, 4) is 6.07 Å². The number of nitrogens with zero attached hydrogens (tertiary/aromatic N) is 1. The minimum Gasteiger partial charge on any atom is -0.198 e. The summed E-state index contributed by atoms with van der Waals surface area (Å²) in [6.45, 7) is 4.60. The quantitative estimate of drug-likeness (QED) is 0.266. The molecule has 1 nitrogen and oxygen atoms in total. The molecule has 0 unspecified atom stereocenters. The van der Waals surface area contributed by atoms with Gasteiger partial charge >= 0.3 is 0 Å². The van der Waals surface area contributed by atoms with E-state index in [0.29, 0.717) is 0 Å². The Bertz CT molecular complexity index is 432. The summed E-state index contributed by atoms with van der Waals surface area (Å²) < 4.78 is 0. The zero-order valence-corrected chi connectivity index (χ0v) is 20.0. The van der Waals surface area contributed by atoms with Crippen molar-refractivity contribution in [3.05, 3.63) is 0 Å². The van der Waals surface area contributed by atoms with Crippen molar-refractivity contribution in [2.24, 2.45) is 23.2 Å². The maximum Gasteiger partial charge on any atom is 0.0689 e. The molecule has 2 aliphatic carbocycles. The lowest BCUT2D eigenvalue weighted by Crippen LogP contribution is -2.27. The van der Waals surface area contributed by atoms with Crippen LogP contribution in [0.2, 0.25) is 0 Å². The van der Waals surface area contributed by atoms with E-state index in [0.717, 1.165) is 17.8 Å². The topological polar surface area (TPSA) is 23.8 Å². The normalized spacial score (nSPS) is 30.2. The van der Waals surface area contributed by atoms with E-state index in [4.69, 9.17) is 0 Å². The number of hydrogen-bond donors (Lipinski definition) is 0. The highest BCUT2D eigenvalue weighted by molar-refractivity contribution is 5.01. The number of hydrogen-bond acceptors (Lipinski definition) is 1. The molecule has 0 spiro atoms. The van der Waals surface area contributed by atoms with Crippen molar-refractivity contribution >= 4 is 0 Å². The van der Waals surface area contributed by atoms with Gasteiger partial charge < -0.3 is 0 Å². The molecular weight excluding hydrogens is 350 g/mol. The van der Waals surface area contributed by atoms with Gasteiger partial charge in [0, 0.05) is 0 Å². The first-order valence-electron chi connectivity index (χ1n) is 13.6. The van der Waals surface area contributed by atoms with E-state index in [1.165, 1.54) is 135 Å². The molecule has 2 fully saturated rings. The first kappa shape index (κ1) is 24.8. The number of unbranched alkanes of at least 4 members (excludes halogenated alkanes) is 7. The standard InChI is InChI=1S/C28H51N/c1-3-5-7-9-11-12-25-14-16-27(17-15-25)20-23-28(24-29)21-18-26(19-22-28)13-10-8-6-4-2/h25-27H,3-23H2,1-2H3. The largest absolute Gasteiger partial charge is 0.198 e. The molecule has 0 amide bonds. The predicted molar refractivity (Wildman–Crippen MR) is 127 cm³/mol. The second kappa shape index (κ2) is 14.5. The molecular formula is C28H51N. The first-order valence-corrected chi connectivity index (χ1v) is 13.6. The van der Waals surface area contributed by atoms with E-state index in [9.17, 15) is 5.26 Å². The third-order valence-corrected chi connectivity index (χ3v) is 8.48. The second-order valence-corrected chi connectivity index (χ2v) is 10.8. The minimum atomic E-state index is 0.0377. The van der Waals surface area contributed by atoms with Crippen molar-refractivity contribution in [1.29, 1.82) is 5.26 Å². The summed E-state index contributed by atoms with van der Waals surface area (Å²) in [5.74, 6) is 2.85. The van der Waals surface area contributed by atoms with Crippen LogP contribution in [0.15, 0.2) is 0 Å². The Labute approximate surface area is 183 Å². The van der Waals surface area contributed by atoms with Crippen LogP contribution in [0.1, 0.15) is 149 Å². The van der Waals surface area contributed by atoms with Crippen molar-refractivity contribution < 1.29 is 0 Å². The van der Waals surface area contributed by atoms with E-state index in [-0.39, 0.29) is 5.41 Å². The van der Waals surface area contributed by atoms with Crippen molar-refractivity contribution in [3.63, 3.8) is 0 Å². The van der Waals surface area contributed by atoms with Crippen LogP contribution in [0, 0.1) is 34.5 Å². The molecule has 1 heteroatoms. The summed E-state index contributed by atoms with van der Waals surface area (Å²) in [4.78, 5) is 0. The lowest BCUT2D eigenvalue weighted by atomic mass is 9.66. The fourth-order valence-electron chi connectivity index (χ4n) is 6.12. The Morgan fingerprint density at radius 3 is 1.59 bits per heavy atom. The Morgan fingerprint density at radius 1 is 0.621 bits per heavy atom. The van der Waals surface area contributed by atoms with Crippen LogP contribution in [0.25, 0.3) is 0 Å². The Morgan fingerprint density at radius 2 is 1.07 bits per heavy atom. The van der Waals surface area contributed by atoms with Crippen LogP contribution in [0.4, 0.5) is 0 Å². The molecule has 2 saturated carbocycles. The van der Waals surface area contributed by atoms with Crippen LogP contribution in [0.3, 0.4) is 0 Å². The average molecular weight is 402 g/mol. The van der Waals surface area contributed by atoms with E-state index >= 15 is 0 Å². The van der Waals surface area contributed by atoms with Gasteiger partial charge in [-0.2, -0.15) is 5.26 Å². The summed E-state index contributed by atoms with van der Waals surface area (Å²) >= 11 is 0. The maximum atomic E-state index is 9.95. The van der Waals surface area contributed by atoms with Crippen molar-refractivity contribution in [1.82, 2.24) is 0 Å². The average Bonchev–Trinajstić information content (AvgIpc) is 2.77. The van der Waals surface area contributed by atoms with Crippen molar-refractivity contribution in [2.45, 2.75) is 149 Å². The maximum absolute atomic E-state index is 9.95. The Kier molecular flexibility index (Phi) is 12.4. The van der Waals surface area contributed by atoms with Crippen LogP contribution < -0.4 is 0 Å². The molecule has 0 bridgehead atoms. The molecule has 0 saturated heterocycles. The fourth-order valence-corrected chi connectivity index (χ4v) is 6.12. The van der Waals surface area contributed by atoms with Crippen LogP contribution >= 0.6 is 0 Å². The summed E-state index contributed by atoms with van der Waals surface area (Å²) in [6.07, 6.45) is 29.0. The van der Waals surface area contributed by atoms with Gasteiger partial charge in [0.05, 0.1) is 11.5 Å². The second-order valence-electron chi connectivity index (χ2n) is 10.8. The number of nitriles is 1. The predicted octanol–water partition coefficient (Wildman–Crippen LogP) is 9.60. The molecule has 2 aliphatic rings. The zero-order chi connectivity index (χ0) is 20.8. The van der Waals surface area contributed by atoms with Gasteiger partial charge in [-0.15, -0.1) is 0 Å². The van der Waals surface area contributed by atoms with Gasteiger partial charge in [-0.3, -0.25) is 0 Å². The molecule has 0 aromatic heterocycles. The summed E-state index contributed by atoms with van der Waals surface area (Å²) in [5.41, 5.74) is 0.0377. The van der Waals surface area contributed by atoms with Gasteiger partial charge in [0.1, 0.15) is 0 Å². The third kappa shape index (κ3) is 9.44. The zero-order valence-electron chi connectivity index (χ0n) is 20.0. The third-order valence-electron chi connectivity index (χ3n) is 8.48. The van der Waals surface area contributed by atoms with E-state index in [2.05, 4.69) is 19.9 Å². The highest BCUT2D eigenvalue weighted by Crippen LogP contribution is 2.45. The van der Waals surface area contributed by atoms with E-state index in [1.54, 1.807) is 0 Å². The highest BCUT2D eigenvalue weighted by Gasteiger charge is 2.36. The van der Waals surface area contributed by atoms with Gasteiger partial charge in [-0.05, 0) is 56.3 Å². The smallest absolute Gasteiger partial charge is 0.0689 e. The van der Waals surface area contributed by atoms with Crippen molar-refractivity contribution in [2.75, 3.05) is 0 Å². The van der Waals surface area contributed by atoms with Crippen LogP contribution in [-0.2, 0) is 0 Å². The first-order chi connectivity index (χ1) is 14.2. The van der Waals surface area contributed by atoms with Crippen LogP contribution in [-0.4, -0.2) is 0 Å². The van der Waals surface area contributed by atoms with Gasteiger partial charge in [0.2, 0.25) is 0 Å². The Hall–Kier alpha value is -0.510. The molecule has 168 valence electrons.